The monoisotopic (exact) mass is 259 g/mol. The van der Waals surface area contributed by atoms with Crippen molar-refractivity contribution in [3.63, 3.8) is 0 Å². The largest absolute Gasteiger partial charge is 0.490 e. The Morgan fingerprint density at radius 1 is 0.941 bits per heavy atom. The SMILES string of the molecule is OB(O)c1ccc(C(F)(F)F)nc1C(F)(F)F. The first kappa shape index (κ1) is 13.8. The lowest BCUT2D eigenvalue weighted by Crippen LogP contribution is -2.38. The van der Waals surface area contributed by atoms with Crippen LogP contribution in [0.2, 0.25) is 0 Å². The Kier molecular flexibility index (Phi) is 3.39. The van der Waals surface area contributed by atoms with Crippen molar-refractivity contribution in [2.45, 2.75) is 12.4 Å². The maximum atomic E-state index is 12.3. The lowest BCUT2D eigenvalue weighted by molar-refractivity contribution is -0.149. The number of nitrogens with zero attached hydrogens (tertiary/aromatic N) is 1. The van der Waals surface area contributed by atoms with E-state index in [1.807, 2.05) is 0 Å². The molecule has 0 amide bonds. The Bertz CT molecular complexity index is 416. The first-order valence-electron chi connectivity index (χ1n) is 4.05. The molecule has 1 aromatic rings. The van der Waals surface area contributed by atoms with Crippen molar-refractivity contribution < 1.29 is 36.4 Å². The zero-order valence-corrected chi connectivity index (χ0v) is 7.84. The number of halogens is 6. The maximum absolute atomic E-state index is 12.3. The minimum Gasteiger partial charge on any atom is -0.423 e. The first-order valence-corrected chi connectivity index (χ1v) is 4.05. The van der Waals surface area contributed by atoms with E-state index in [1.165, 1.54) is 0 Å². The molecule has 1 rings (SSSR count). The van der Waals surface area contributed by atoms with Crippen LogP contribution in [-0.4, -0.2) is 22.2 Å². The molecule has 0 aliphatic rings. The predicted octanol–water partition coefficient (Wildman–Crippen LogP) is 0.799. The standard InChI is InChI=1S/C7H4BF6NO2/c9-6(10,11)4-2-1-3(8(16)17)5(15-4)7(12,13)14/h1-2,16-17H. The lowest BCUT2D eigenvalue weighted by atomic mass is 9.78. The van der Waals surface area contributed by atoms with E-state index in [0.717, 1.165) is 0 Å². The van der Waals surface area contributed by atoms with Gasteiger partial charge < -0.3 is 10.0 Å². The summed E-state index contributed by atoms with van der Waals surface area (Å²) in [5, 5.41) is 17.2. The summed E-state index contributed by atoms with van der Waals surface area (Å²) in [5.41, 5.74) is -4.86. The van der Waals surface area contributed by atoms with Gasteiger partial charge in [-0.15, -0.1) is 0 Å². The molecule has 0 radical (unpaired) electrons. The molecule has 0 spiro atoms. The van der Waals surface area contributed by atoms with Gasteiger partial charge in [-0.25, -0.2) is 4.98 Å². The van der Waals surface area contributed by atoms with Crippen LogP contribution in [0.5, 0.6) is 0 Å². The fourth-order valence-corrected chi connectivity index (χ4v) is 1.06. The number of hydrogen-bond acceptors (Lipinski definition) is 3. The van der Waals surface area contributed by atoms with Crippen molar-refractivity contribution in [2.75, 3.05) is 0 Å². The highest BCUT2D eigenvalue weighted by Crippen LogP contribution is 2.31. The molecular weight excluding hydrogens is 255 g/mol. The van der Waals surface area contributed by atoms with Crippen LogP contribution in [0.4, 0.5) is 26.3 Å². The molecule has 17 heavy (non-hydrogen) atoms. The van der Waals surface area contributed by atoms with Crippen LogP contribution in [0.25, 0.3) is 0 Å². The molecule has 0 fully saturated rings. The summed E-state index contributed by atoms with van der Waals surface area (Å²) in [7, 11) is -2.55. The van der Waals surface area contributed by atoms with Gasteiger partial charge in [0, 0.05) is 5.46 Å². The Morgan fingerprint density at radius 3 is 1.82 bits per heavy atom. The van der Waals surface area contributed by atoms with E-state index >= 15 is 0 Å². The van der Waals surface area contributed by atoms with E-state index in [9.17, 15) is 26.3 Å². The predicted molar refractivity (Wildman–Crippen MR) is 44.1 cm³/mol. The Morgan fingerprint density at radius 2 is 1.47 bits per heavy atom. The molecule has 0 saturated heterocycles. The van der Waals surface area contributed by atoms with Gasteiger partial charge in [0.15, 0.2) is 0 Å². The van der Waals surface area contributed by atoms with E-state index < -0.39 is 36.3 Å². The molecule has 0 aliphatic heterocycles. The first-order chi connectivity index (χ1) is 7.53. The molecule has 1 aromatic heterocycles. The Hall–Kier alpha value is -1.29. The lowest BCUT2D eigenvalue weighted by Gasteiger charge is -2.14. The molecule has 0 aliphatic carbocycles. The molecule has 0 bridgehead atoms. The van der Waals surface area contributed by atoms with E-state index in [2.05, 4.69) is 4.98 Å². The molecular formula is C7H4BF6NO2. The van der Waals surface area contributed by atoms with Crippen molar-refractivity contribution in [1.82, 2.24) is 4.98 Å². The highest BCUT2D eigenvalue weighted by atomic mass is 19.4. The summed E-state index contributed by atoms with van der Waals surface area (Å²) < 4.78 is 73.4. The summed E-state index contributed by atoms with van der Waals surface area (Å²) >= 11 is 0. The second-order valence-electron chi connectivity index (χ2n) is 3.00. The third kappa shape index (κ3) is 3.10. The fourth-order valence-electron chi connectivity index (χ4n) is 1.06. The van der Waals surface area contributed by atoms with Crippen LogP contribution in [0.15, 0.2) is 12.1 Å². The van der Waals surface area contributed by atoms with E-state index in [0.29, 0.717) is 6.07 Å². The summed E-state index contributed by atoms with van der Waals surface area (Å²) in [6.45, 7) is 0. The molecule has 0 aromatic carbocycles. The molecule has 10 heteroatoms. The van der Waals surface area contributed by atoms with Gasteiger partial charge >= 0.3 is 19.5 Å². The number of hydrogen-bond donors (Lipinski definition) is 2. The van der Waals surface area contributed by atoms with E-state index in [4.69, 9.17) is 10.0 Å². The Balaban J connectivity index is 3.41. The number of aromatic nitrogens is 1. The maximum Gasteiger partial charge on any atom is 0.490 e. The zero-order chi connectivity index (χ0) is 13.4. The minimum atomic E-state index is -5.21. The van der Waals surface area contributed by atoms with Gasteiger partial charge in [0.2, 0.25) is 0 Å². The van der Waals surface area contributed by atoms with Crippen LogP contribution < -0.4 is 5.46 Å². The smallest absolute Gasteiger partial charge is 0.423 e. The molecule has 3 nitrogen and oxygen atoms in total. The molecule has 2 N–H and O–H groups in total. The van der Waals surface area contributed by atoms with Gasteiger partial charge in [0.1, 0.15) is 11.4 Å². The quantitative estimate of drug-likeness (QED) is 0.579. The second kappa shape index (κ2) is 4.19. The molecule has 1 heterocycles. The topological polar surface area (TPSA) is 53.4 Å². The van der Waals surface area contributed by atoms with Crippen LogP contribution in [-0.2, 0) is 12.4 Å². The molecule has 94 valence electrons. The van der Waals surface area contributed by atoms with Gasteiger partial charge in [-0.1, -0.05) is 6.07 Å². The summed E-state index contributed by atoms with van der Waals surface area (Å²) in [6, 6.07) is 0.563. The summed E-state index contributed by atoms with van der Waals surface area (Å²) in [5.74, 6) is 0. The van der Waals surface area contributed by atoms with E-state index in [-0.39, 0.29) is 6.07 Å². The highest BCUT2D eigenvalue weighted by Gasteiger charge is 2.41. The number of pyridine rings is 1. The minimum absolute atomic E-state index is 0.240. The number of alkyl halides is 6. The van der Waals surface area contributed by atoms with E-state index in [1.54, 1.807) is 0 Å². The van der Waals surface area contributed by atoms with Crippen molar-refractivity contribution in [3.8, 4) is 0 Å². The van der Waals surface area contributed by atoms with Crippen LogP contribution in [0.1, 0.15) is 11.4 Å². The second-order valence-corrected chi connectivity index (χ2v) is 3.00. The molecule has 0 saturated carbocycles. The third-order valence-electron chi connectivity index (χ3n) is 1.76. The van der Waals surface area contributed by atoms with Crippen LogP contribution in [0, 0.1) is 0 Å². The van der Waals surface area contributed by atoms with Gasteiger partial charge in [-0.05, 0) is 6.07 Å². The normalized spacial score (nSPS) is 12.7. The fraction of sp³-hybridized carbons (Fsp3) is 0.286. The summed E-state index contributed by atoms with van der Waals surface area (Å²) in [6.07, 6.45) is -10.3. The molecule has 0 atom stereocenters. The zero-order valence-electron chi connectivity index (χ0n) is 7.84. The molecule has 0 unspecified atom stereocenters. The van der Waals surface area contributed by atoms with Gasteiger partial charge in [-0.3, -0.25) is 0 Å². The van der Waals surface area contributed by atoms with Gasteiger partial charge in [0.25, 0.3) is 0 Å². The third-order valence-corrected chi connectivity index (χ3v) is 1.76. The van der Waals surface area contributed by atoms with Crippen molar-refractivity contribution >= 4 is 12.6 Å². The van der Waals surface area contributed by atoms with Crippen LogP contribution >= 0.6 is 0 Å². The van der Waals surface area contributed by atoms with Crippen molar-refractivity contribution in [3.05, 3.63) is 23.5 Å². The van der Waals surface area contributed by atoms with Crippen molar-refractivity contribution in [1.29, 1.82) is 0 Å². The van der Waals surface area contributed by atoms with Crippen molar-refractivity contribution in [2.24, 2.45) is 0 Å². The number of rotatable bonds is 1. The Labute approximate surface area is 90.9 Å². The average molecular weight is 259 g/mol. The summed E-state index contributed by atoms with van der Waals surface area (Å²) in [4.78, 5) is 2.37. The van der Waals surface area contributed by atoms with Gasteiger partial charge in [0.05, 0.1) is 0 Å². The highest BCUT2D eigenvalue weighted by molar-refractivity contribution is 6.59. The van der Waals surface area contributed by atoms with Crippen LogP contribution in [0.3, 0.4) is 0 Å². The van der Waals surface area contributed by atoms with Gasteiger partial charge in [-0.2, -0.15) is 26.3 Å². The average Bonchev–Trinajstić information content (AvgIpc) is 2.14.